The number of aromatic nitrogens is 2. The molecule has 0 amide bonds. The van der Waals surface area contributed by atoms with Crippen molar-refractivity contribution in [3.63, 3.8) is 0 Å². The first-order valence-electron chi connectivity index (χ1n) is 8.45. The Morgan fingerprint density at radius 2 is 1.88 bits per heavy atom. The lowest BCUT2D eigenvalue weighted by Gasteiger charge is -2.18. The Hall–Kier alpha value is -3.00. The molecule has 1 aliphatic rings. The van der Waals surface area contributed by atoms with Crippen molar-refractivity contribution in [3.8, 4) is 17.6 Å². The predicted octanol–water partition coefficient (Wildman–Crippen LogP) is 3.85. The van der Waals surface area contributed by atoms with Crippen molar-refractivity contribution in [2.75, 3.05) is 13.2 Å². The highest BCUT2D eigenvalue weighted by atomic mass is 16.6. The number of benzene rings is 2. The highest BCUT2D eigenvalue weighted by Crippen LogP contribution is 2.36. The Morgan fingerprint density at radius 3 is 2.60 bits per heavy atom. The summed E-state index contributed by atoms with van der Waals surface area (Å²) in [5, 5.41) is 9.39. The number of rotatable bonds is 3. The first-order valence-corrected chi connectivity index (χ1v) is 8.45. The van der Waals surface area contributed by atoms with Crippen LogP contribution in [0, 0.1) is 11.3 Å². The second-order valence-electron chi connectivity index (χ2n) is 6.46. The molecule has 5 heteroatoms. The molecule has 0 saturated carbocycles. The molecule has 0 unspecified atom stereocenters. The van der Waals surface area contributed by atoms with E-state index in [1.807, 2.05) is 36.4 Å². The van der Waals surface area contributed by atoms with Gasteiger partial charge in [-0.3, -0.25) is 0 Å². The minimum atomic E-state index is 0.264. The number of hydrogen-bond donors (Lipinski definition) is 0. The fraction of sp³-hybridized carbons (Fsp3) is 0.300. The first-order chi connectivity index (χ1) is 12.2. The Balaban J connectivity index is 1.88. The summed E-state index contributed by atoms with van der Waals surface area (Å²) >= 11 is 0. The second-order valence-corrected chi connectivity index (χ2v) is 6.46. The van der Waals surface area contributed by atoms with E-state index in [0.29, 0.717) is 25.3 Å². The van der Waals surface area contributed by atoms with Gasteiger partial charge in [0.2, 0.25) is 0 Å². The molecule has 0 aliphatic carbocycles. The Bertz CT molecular complexity index is 983. The summed E-state index contributed by atoms with van der Waals surface area (Å²) in [6.07, 6.45) is 0. The minimum Gasteiger partial charge on any atom is -0.486 e. The van der Waals surface area contributed by atoms with Crippen LogP contribution in [-0.4, -0.2) is 22.8 Å². The summed E-state index contributed by atoms with van der Waals surface area (Å²) in [6, 6.07) is 13.9. The van der Waals surface area contributed by atoms with Crippen LogP contribution in [0.5, 0.6) is 11.5 Å². The molecular formula is C20H19N3O2. The lowest BCUT2D eigenvalue weighted by atomic mass is 10.1. The van der Waals surface area contributed by atoms with Crippen molar-refractivity contribution in [1.29, 1.82) is 5.26 Å². The van der Waals surface area contributed by atoms with Gasteiger partial charge in [0, 0.05) is 18.1 Å². The van der Waals surface area contributed by atoms with Crippen LogP contribution in [0.3, 0.4) is 0 Å². The van der Waals surface area contributed by atoms with E-state index < -0.39 is 0 Å². The highest BCUT2D eigenvalue weighted by Gasteiger charge is 2.20. The third-order valence-corrected chi connectivity index (χ3v) is 4.42. The molecule has 3 aromatic rings. The van der Waals surface area contributed by atoms with Crippen LogP contribution in [0.1, 0.15) is 36.7 Å². The molecule has 2 aromatic carbocycles. The molecule has 0 saturated heterocycles. The Morgan fingerprint density at radius 1 is 1.16 bits per heavy atom. The van der Waals surface area contributed by atoms with E-state index in [9.17, 15) is 5.26 Å². The maximum atomic E-state index is 9.39. The van der Waals surface area contributed by atoms with E-state index >= 15 is 0 Å². The monoisotopic (exact) mass is 333 g/mol. The molecule has 0 fully saturated rings. The van der Waals surface area contributed by atoms with Gasteiger partial charge in [0.1, 0.15) is 19.0 Å². The molecule has 126 valence electrons. The van der Waals surface area contributed by atoms with E-state index in [4.69, 9.17) is 14.5 Å². The van der Waals surface area contributed by atoms with Crippen LogP contribution in [0.2, 0.25) is 0 Å². The number of nitriles is 1. The van der Waals surface area contributed by atoms with Crippen LogP contribution >= 0.6 is 0 Å². The zero-order valence-electron chi connectivity index (χ0n) is 14.3. The SMILES string of the molecule is CC(C)c1nc2cc3c(cc2n1Cc1ccccc1C#N)OCCO3. The quantitative estimate of drug-likeness (QED) is 0.730. The third kappa shape index (κ3) is 2.70. The zero-order chi connectivity index (χ0) is 17.4. The van der Waals surface area contributed by atoms with Crippen molar-refractivity contribution in [2.24, 2.45) is 0 Å². The van der Waals surface area contributed by atoms with E-state index in [0.717, 1.165) is 33.9 Å². The third-order valence-electron chi connectivity index (χ3n) is 4.42. The molecule has 5 nitrogen and oxygen atoms in total. The molecular weight excluding hydrogens is 314 g/mol. The summed E-state index contributed by atoms with van der Waals surface area (Å²) in [5.74, 6) is 2.76. The maximum absolute atomic E-state index is 9.39. The van der Waals surface area contributed by atoms with Gasteiger partial charge in [-0.25, -0.2) is 4.98 Å². The first kappa shape index (κ1) is 15.5. The number of fused-ring (bicyclic) bond motifs is 2. The zero-order valence-corrected chi connectivity index (χ0v) is 14.3. The maximum Gasteiger partial charge on any atom is 0.163 e. The van der Waals surface area contributed by atoms with Crippen LogP contribution in [0.15, 0.2) is 36.4 Å². The van der Waals surface area contributed by atoms with Gasteiger partial charge in [-0.2, -0.15) is 5.26 Å². The van der Waals surface area contributed by atoms with Crippen molar-refractivity contribution in [2.45, 2.75) is 26.3 Å². The van der Waals surface area contributed by atoms with Gasteiger partial charge in [-0.05, 0) is 11.6 Å². The van der Waals surface area contributed by atoms with Crippen molar-refractivity contribution >= 4 is 11.0 Å². The molecule has 25 heavy (non-hydrogen) atoms. The minimum absolute atomic E-state index is 0.264. The Labute approximate surface area is 146 Å². The Kier molecular flexibility index (Phi) is 3.81. The summed E-state index contributed by atoms with van der Waals surface area (Å²) < 4.78 is 13.6. The average molecular weight is 333 g/mol. The number of imidazole rings is 1. The van der Waals surface area contributed by atoms with Gasteiger partial charge in [0.15, 0.2) is 11.5 Å². The van der Waals surface area contributed by atoms with Gasteiger partial charge in [0.05, 0.1) is 29.2 Å². The molecule has 2 heterocycles. The van der Waals surface area contributed by atoms with Gasteiger partial charge < -0.3 is 14.0 Å². The molecule has 0 spiro atoms. The van der Waals surface area contributed by atoms with Gasteiger partial charge in [-0.15, -0.1) is 0 Å². The molecule has 0 N–H and O–H groups in total. The highest BCUT2D eigenvalue weighted by molar-refractivity contribution is 5.81. The van der Waals surface area contributed by atoms with Crippen molar-refractivity contribution in [3.05, 3.63) is 53.3 Å². The molecule has 4 rings (SSSR count). The lowest BCUT2D eigenvalue weighted by Crippen LogP contribution is -2.15. The van der Waals surface area contributed by atoms with E-state index in [2.05, 4.69) is 24.5 Å². The standard InChI is InChI=1S/C20H19N3O2/c1-13(2)20-22-16-9-18-19(25-8-7-24-18)10-17(16)23(20)12-15-6-4-3-5-14(15)11-21/h3-6,9-10,13H,7-8,12H2,1-2H3. The molecule has 1 aromatic heterocycles. The van der Waals surface area contributed by atoms with Crippen molar-refractivity contribution in [1.82, 2.24) is 9.55 Å². The average Bonchev–Trinajstić information content (AvgIpc) is 2.98. The van der Waals surface area contributed by atoms with Crippen LogP contribution in [0.25, 0.3) is 11.0 Å². The summed E-state index contributed by atoms with van der Waals surface area (Å²) in [6.45, 7) is 5.97. The molecule has 0 radical (unpaired) electrons. The number of nitrogens with zero attached hydrogens (tertiary/aromatic N) is 3. The van der Waals surface area contributed by atoms with E-state index in [1.54, 1.807) is 0 Å². The summed E-state index contributed by atoms with van der Waals surface area (Å²) in [5.41, 5.74) is 3.57. The predicted molar refractivity (Wildman–Crippen MR) is 95.1 cm³/mol. The van der Waals surface area contributed by atoms with Crippen LogP contribution in [-0.2, 0) is 6.54 Å². The van der Waals surface area contributed by atoms with E-state index in [-0.39, 0.29) is 5.92 Å². The van der Waals surface area contributed by atoms with Gasteiger partial charge in [0.25, 0.3) is 0 Å². The van der Waals surface area contributed by atoms with Crippen molar-refractivity contribution < 1.29 is 9.47 Å². The molecule has 1 aliphatic heterocycles. The van der Waals surface area contributed by atoms with Gasteiger partial charge >= 0.3 is 0 Å². The topological polar surface area (TPSA) is 60.1 Å². The molecule has 0 atom stereocenters. The fourth-order valence-electron chi connectivity index (χ4n) is 3.22. The van der Waals surface area contributed by atoms with E-state index in [1.165, 1.54) is 0 Å². The summed E-state index contributed by atoms with van der Waals surface area (Å²) in [4.78, 5) is 4.82. The summed E-state index contributed by atoms with van der Waals surface area (Å²) in [7, 11) is 0. The lowest BCUT2D eigenvalue weighted by molar-refractivity contribution is 0.172. The van der Waals surface area contributed by atoms with Gasteiger partial charge in [-0.1, -0.05) is 32.0 Å². The number of ether oxygens (including phenoxy) is 2. The number of hydrogen-bond acceptors (Lipinski definition) is 4. The molecule has 0 bridgehead atoms. The fourth-order valence-corrected chi connectivity index (χ4v) is 3.22. The van der Waals surface area contributed by atoms with Crippen LogP contribution < -0.4 is 9.47 Å². The second kappa shape index (κ2) is 6.14. The smallest absolute Gasteiger partial charge is 0.163 e. The van der Waals surface area contributed by atoms with Crippen LogP contribution in [0.4, 0.5) is 0 Å². The largest absolute Gasteiger partial charge is 0.486 e. The normalized spacial score (nSPS) is 13.2.